The van der Waals surface area contributed by atoms with Crippen molar-refractivity contribution in [3.8, 4) is 0 Å². The molecule has 4 nitrogen and oxygen atoms in total. The molecule has 2 aliphatic rings. The molecule has 0 N–H and O–H groups in total. The molecule has 0 saturated carbocycles. The molecular formula is C17H22N4. The number of aromatic nitrogens is 3. The molecule has 1 unspecified atom stereocenters. The maximum Gasteiger partial charge on any atom is 0.137 e. The highest BCUT2D eigenvalue weighted by molar-refractivity contribution is 5.30. The van der Waals surface area contributed by atoms with Gasteiger partial charge in [-0.25, -0.2) is 0 Å². The molecule has 1 saturated heterocycles. The maximum absolute atomic E-state index is 4.56. The highest BCUT2D eigenvalue weighted by Crippen LogP contribution is 2.28. The Balaban J connectivity index is 1.69. The Morgan fingerprint density at radius 1 is 1.10 bits per heavy atom. The summed E-state index contributed by atoms with van der Waals surface area (Å²) in [6, 6.07) is 8.79. The van der Waals surface area contributed by atoms with Crippen LogP contribution in [0.15, 0.2) is 24.3 Å². The van der Waals surface area contributed by atoms with E-state index < -0.39 is 0 Å². The molecule has 0 bridgehead atoms. The standard InChI is InChI=1S/C17H22N4/c1-20-10-4-7-15(11-20)17-19-18-16-9-8-13-5-2-3-6-14(13)12-21(16)17/h2-3,5-6,15H,4,7-12H2,1H3. The zero-order valence-electron chi connectivity index (χ0n) is 12.6. The minimum atomic E-state index is 0.537. The summed E-state index contributed by atoms with van der Waals surface area (Å²) in [5, 5.41) is 9.05. The highest BCUT2D eigenvalue weighted by Gasteiger charge is 2.26. The largest absolute Gasteiger partial charge is 0.310 e. The van der Waals surface area contributed by atoms with Crippen molar-refractivity contribution in [3.63, 3.8) is 0 Å². The molecule has 1 aromatic heterocycles. The van der Waals surface area contributed by atoms with Crippen molar-refractivity contribution in [1.82, 2.24) is 19.7 Å². The second kappa shape index (κ2) is 5.26. The number of nitrogens with zero attached hydrogens (tertiary/aromatic N) is 4. The van der Waals surface area contributed by atoms with E-state index in [0.29, 0.717) is 5.92 Å². The molecule has 4 rings (SSSR count). The Hall–Kier alpha value is -1.68. The van der Waals surface area contributed by atoms with Gasteiger partial charge < -0.3 is 9.47 Å². The number of hydrogen-bond acceptors (Lipinski definition) is 3. The van der Waals surface area contributed by atoms with Gasteiger partial charge in [0.1, 0.15) is 11.6 Å². The third kappa shape index (κ3) is 2.38. The van der Waals surface area contributed by atoms with Crippen LogP contribution in [-0.4, -0.2) is 39.8 Å². The van der Waals surface area contributed by atoms with Gasteiger partial charge in [-0.3, -0.25) is 0 Å². The van der Waals surface area contributed by atoms with E-state index in [2.05, 4.69) is 51.0 Å². The second-order valence-corrected chi connectivity index (χ2v) is 6.43. The lowest BCUT2D eigenvalue weighted by molar-refractivity contribution is 0.243. The topological polar surface area (TPSA) is 34.0 Å². The number of piperidine rings is 1. The zero-order chi connectivity index (χ0) is 14.2. The Kier molecular flexibility index (Phi) is 3.26. The van der Waals surface area contributed by atoms with Crippen LogP contribution in [-0.2, 0) is 19.4 Å². The van der Waals surface area contributed by atoms with E-state index in [-0.39, 0.29) is 0 Å². The van der Waals surface area contributed by atoms with Gasteiger partial charge in [0.05, 0.1) is 6.54 Å². The molecule has 0 amide bonds. The van der Waals surface area contributed by atoms with Gasteiger partial charge in [0.2, 0.25) is 0 Å². The number of hydrogen-bond donors (Lipinski definition) is 0. The highest BCUT2D eigenvalue weighted by atomic mass is 15.3. The van der Waals surface area contributed by atoms with Crippen LogP contribution in [0.25, 0.3) is 0 Å². The molecule has 2 aromatic rings. The lowest BCUT2D eigenvalue weighted by Gasteiger charge is -2.29. The van der Waals surface area contributed by atoms with E-state index in [9.17, 15) is 0 Å². The first-order valence-electron chi connectivity index (χ1n) is 7.98. The molecule has 21 heavy (non-hydrogen) atoms. The summed E-state index contributed by atoms with van der Waals surface area (Å²) < 4.78 is 2.38. The quantitative estimate of drug-likeness (QED) is 0.804. The van der Waals surface area contributed by atoms with Gasteiger partial charge in [-0.1, -0.05) is 24.3 Å². The first kappa shape index (κ1) is 13.0. The Labute approximate surface area is 125 Å². The number of rotatable bonds is 1. The Morgan fingerprint density at radius 3 is 2.81 bits per heavy atom. The molecule has 1 fully saturated rings. The van der Waals surface area contributed by atoms with Crippen LogP contribution in [0.2, 0.25) is 0 Å². The third-order valence-corrected chi connectivity index (χ3v) is 4.91. The third-order valence-electron chi connectivity index (χ3n) is 4.91. The van der Waals surface area contributed by atoms with E-state index in [4.69, 9.17) is 0 Å². The van der Waals surface area contributed by atoms with Crippen LogP contribution in [0, 0.1) is 0 Å². The summed E-state index contributed by atoms with van der Waals surface area (Å²) in [4.78, 5) is 2.42. The van der Waals surface area contributed by atoms with E-state index in [1.807, 2.05) is 0 Å². The molecule has 0 spiro atoms. The van der Waals surface area contributed by atoms with Gasteiger partial charge in [0.25, 0.3) is 0 Å². The van der Waals surface area contributed by atoms with Gasteiger partial charge in [-0.15, -0.1) is 10.2 Å². The van der Waals surface area contributed by atoms with Crippen LogP contribution in [0.4, 0.5) is 0 Å². The van der Waals surface area contributed by atoms with Crippen molar-refractivity contribution in [2.75, 3.05) is 20.1 Å². The zero-order valence-corrected chi connectivity index (χ0v) is 12.6. The van der Waals surface area contributed by atoms with E-state index in [1.54, 1.807) is 0 Å². The number of likely N-dealkylation sites (N-methyl/N-ethyl adjacent to an activating group) is 1. The molecule has 1 aromatic carbocycles. The normalized spacial score (nSPS) is 22.4. The summed E-state index contributed by atoms with van der Waals surface area (Å²) in [7, 11) is 2.21. The lowest BCUT2D eigenvalue weighted by atomic mass is 9.97. The molecule has 0 radical (unpaired) electrons. The van der Waals surface area contributed by atoms with Gasteiger partial charge >= 0.3 is 0 Å². The molecule has 2 aliphatic heterocycles. The van der Waals surface area contributed by atoms with E-state index in [0.717, 1.165) is 31.8 Å². The monoisotopic (exact) mass is 282 g/mol. The second-order valence-electron chi connectivity index (χ2n) is 6.43. The fourth-order valence-corrected chi connectivity index (χ4v) is 3.76. The average molecular weight is 282 g/mol. The lowest BCUT2D eigenvalue weighted by Crippen LogP contribution is -2.32. The van der Waals surface area contributed by atoms with Crippen molar-refractivity contribution in [2.24, 2.45) is 0 Å². The van der Waals surface area contributed by atoms with Crippen molar-refractivity contribution >= 4 is 0 Å². The van der Waals surface area contributed by atoms with Crippen LogP contribution in [0.5, 0.6) is 0 Å². The van der Waals surface area contributed by atoms with Crippen molar-refractivity contribution < 1.29 is 0 Å². The van der Waals surface area contributed by atoms with Gasteiger partial charge in [-0.05, 0) is 44.0 Å². The molecule has 1 atom stereocenters. The number of fused-ring (bicyclic) bond motifs is 2. The van der Waals surface area contributed by atoms with Crippen molar-refractivity contribution in [2.45, 2.75) is 38.1 Å². The minimum absolute atomic E-state index is 0.537. The summed E-state index contributed by atoms with van der Waals surface area (Å²) >= 11 is 0. The van der Waals surface area contributed by atoms with E-state index >= 15 is 0 Å². The predicted octanol–water partition coefficient (Wildman–Crippen LogP) is 2.23. The van der Waals surface area contributed by atoms with Crippen molar-refractivity contribution in [3.05, 3.63) is 47.0 Å². The van der Waals surface area contributed by atoms with Crippen molar-refractivity contribution in [1.29, 1.82) is 0 Å². The van der Waals surface area contributed by atoms with E-state index in [1.165, 1.54) is 36.3 Å². The summed E-state index contributed by atoms with van der Waals surface area (Å²) in [6.45, 7) is 3.26. The van der Waals surface area contributed by atoms with Gasteiger partial charge in [-0.2, -0.15) is 0 Å². The Bertz CT molecular complexity index is 646. The smallest absolute Gasteiger partial charge is 0.137 e. The molecular weight excluding hydrogens is 260 g/mol. The maximum atomic E-state index is 4.56. The van der Waals surface area contributed by atoms with Gasteiger partial charge in [0, 0.05) is 18.9 Å². The molecule has 4 heteroatoms. The van der Waals surface area contributed by atoms with Crippen LogP contribution >= 0.6 is 0 Å². The van der Waals surface area contributed by atoms with Crippen LogP contribution < -0.4 is 0 Å². The number of benzene rings is 1. The first-order chi connectivity index (χ1) is 10.3. The summed E-state index contributed by atoms with van der Waals surface area (Å²) in [6.07, 6.45) is 4.59. The Morgan fingerprint density at radius 2 is 1.95 bits per heavy atom. The van der Waals surface area contributed by atoms with Crippen LogP contribution in [0.1, 0.15) is 41.5 Å². The number of aryl methyl sites for hydroxylation is 2. The number of likely N-dealkylation sites (tertiary alicyclic amines) is 1. The molecule has 110 valence electrons. The fraction of sp³-hybridized carbons (Fsp3) is 0.529. The SMILES string of the molecule is CN1CCCC(c2nnc3n2Cc2ccccc2CC3)C1. The average Bonchev–Trinajstić information content (AvgIpc) is 2.80. The minimum Gasteiger partial charge on any atom is -0.310 e. The first-order valence-corrected chi connectivity index (χ1v) is 7.98. The predicted molar refractivity (Wildman–Crippen MR) is 82.4 cm³/mol. The molecule has 0 aliphatic carbocycles. The fourth-order valence-electron chi connectivity index (χ4n) is 3.76. The van der Waals surface area contributed by atoms with Crippen LogP contribution in [0.3, 0.4) is 0 Å². The van der Waals surface area contributed by atoms with Gasteiger partial charge in [0.15, 0.2) is 0 Å². The summed E-state index contributed by atoms with van der Waals surface area (Å²) in [5.41, 5.74) is 2.90. The summed E-state index contributed by atoms with van der Waals surface area (Å²) in [5.74, 6) is 2.90. The molecule has 3 heterocycles.